The molecule has 0 saturated heterocycles. The lowest BCUT2D eigenvalue weighted by molar-refractivity contribution is -0.387. The van der Waals surface area contributed by atoms with E-state index >= 15 is 0 Å². The van der Waals surface area contributed by atoms with Gasteiger partial charge in [-0.3, -0.25) is 14.8 Å². The van der Waals surface area contributed by atoms with Crippen LogP contribution in [0.5, 0.6) is 0 Å². The van der Waals surface area contributed by atoms with Crippen LogP contribution in [0, 0.1) is 15.9 Å². The van der Waals surface area contributed by atoms with E-state index in [1.165, 1.54) is 16.8 Å². The molecule has 0 aliphatic carbocycles. The zero-order chi connectivity index (χ0) is 11.5. The molecule has 0 N–H and O–H groups in total. The molecule has 2 aromatic rings. The highest BCUT2D eigenvalue weighted by Crippen LogP contribution is 2.20. The van der Waals surface area contributed by atoms with Crippen LogP contribution in [0.3, 0.4) is 0 Å². The van der Waals surface area contributed by atoms with Crippen molar-refractivity contribution in [2.24, 2.45) is 0 Å². The molecule has 1 heterocycles. The summed E-state index contributed by atoms with van der Waals surface area (Å²) in [6.07, 6.45) is 3.23. The van der Waals surface area contributed by atoms with E-state index in [4.69, 9.17) is 0 Å². The topological polar surface area (TPSA) is 61.0 Å². The van der Waals surface area contributed by atoms with Crippen molar-refractivity contribution >= 4 is 5.69 Å². The molecule has 16 heavy (non-hydrogen) atoms. The number of hydrogen-bond donors (Lipinski definition) is 0. The number of benzene rings is 1. The molecule has 0 spiro atoms. The maximum Gasteiger partial charge on any atom is 0.305 e. The van der Waals surface area contributed by atoms with Gasteiger partial charge in [-0.2, -0.15) is 9.49 Å². The van der Waals surface area contributed by atoms with Crippen molar-refractivity contribution in [3.63, 3.8) is 0 Å². The molecule has 1 aromatic heterocycles. The molecule has 0 amide bonds. The lowest BCUT2D eigenvalue weighted by Gasteiger charge is -2.03. The van der Waals surface area contributed by atoms with Gasteiger partial charge in [-0.1, -0.05) is 12.1 Å². The molecule has 0 aliphatic rings. The van der Waals surface area contributed by atoms with Gasteiger partial charge in [0.05, 0.1) is 11.5 Å². The van der Waals surface area contributed by atoms with Gasteiger partial charge < -0.3 is 0 Å². The van der Waals surface area contributed by atoms with Gasteiger partial charge in [0.2, 0.25) is 5.82 Å². The number of nitrogens with zero attached hydrogens (tertiary/aromatic N) is 3. The summed E-state index contributed by atoms with van der Waals surface area (Å²) in [5.74, 6) is -0.803. The molecule has 0 radical (unpaired) electrons. The van der Waals surface area contributed by atoms with Crippen molar-refractivity contribution in [3.8, 4) is 0 Å². The van der Waals surface area contributed by atoms with E-state index in [9.17, 15) is 14.5 Å². The lowest BCUT2D eigenvalue weighted by atomic mass is 10.2. The van der Waals surface area contributed by atoms with Crippen molar-refractivity contribution in [1.29, 1.82) is 0 Å². The van der Waals surface area contributed by atoms with Gasteiger partial charge in [-0.25, -0.2) is 0 Å². The van der Waals surface area contributed by atoms with Crippen molar-refractivity contribution in [2.45, 2.75) is 6.54 Å². The molecule has 0 unspecified atom stereocenters. The Balaban J connectivity index is 2.35. The Hall–Kier alpha value is -2.24. The van der Waals surface area contributed by atoms with Crippen LogP contribution in [-0.4, -0.2) is 14.7 Å². The minimum Gasteiger partial charge on any atom is -0.268 e. The Bertz CT molecular complexity index is 511. The van der Waals surface area contributed by atoms with Gasteiger partial charge in [0, 0.05) is 24.0 Å². The predicted octanol–water partition coefficient (Wildman–Crippen LogP) is 1.98. The van der Waals surface area contributed by atoms with E-state index in [0.717, 1.165) is 6.07 Å². The number of halogens is 1. The molecule has 0 aliphatic heterocycles. The summed E-state index contributed by atoms with van der Waals surface area (Å²) in [6.45, 7) is 0.181. The molecule has 6 heteroatoms. The van der Waals surface area contributed by atoms with Gasteiger partial charge in [0.1, 0.15) is 0 Å². The van der Waals surface area contributed by atoms with E-state index in [2.05, 4.69) is 5.10 Å². The number of nitro groups is 1. The summed E-state index contributed by atoms with van der Waals surface area (Å²) in [4.78, 5) is 9.79. The highest BCUT2D eigenvalue weighted by molar-refractivity contribution is 5.36. The van der Waals surface area contributed by atoms with Crippen molar-refractivity contribution in [3.05, 3.63) is 58.2 Å². The van der Waals surface area contributed by atoms with Crippen LogP contribution in [0.1, 0.15) is 5.56 Å². The molecule has 0 saturated carbocycles. The second kappa shape index (κ2) is 4.09. The average molecular weight is 221 g/mol. The fourth-order valence-electron chi connectivity index (χ4n) is 1.40. The third-order valence-corrected chi connectivity index (χ3v) is 2.15. The summed E-state index contributed by atoms with van der Waals surface area (Å²) in [5, 5.41) is 14.4. The SMILES string of the molecule is O=[N+]([O-])c1cccc(Cn2cccn2)c1F. The van der Waals surface area contributed by atoms with Gasteiger partial charge in [0.25, 0.3) is 0 Å². The van der Waals surface area contributed by atoms with Gasteiger partial charge >= 0.3 is 5.69 Å². The molecule has 0 fully saturated rings. The largest absolute Gasteiger partial charge is 0.305 e. The quantitative estimate of drug-likeness (QED) is 0.588. The lowest BCUT2D eigenvalue weighted by Crippen LogP contribution is -2.04. The summed E-state index contributed by atoms with van der Waals surface area (Å²) in [7, 11) is 0. The van der Waals surface area contributed by atoms with Crippen molar-refractivity contribution < 1.29 is 9.31 Å². The molecule has 2 rings (SSSR count). The molecular weight excluding hydrogens is 213 g/mol. The van der Waals surface area contributed by atoms with Crippen LogP contribution in [0.2, 0.25) is 0 Å². The van der Waals surface area contributed by atoms with E-state index in [0.29, 0.717) is 0 Å². The number of nitro benzene ring substituents is 1. The third kappa shape index (κ3) is 1.90. The monoisotopic (exact) mass is 221 g/mol. The summed E-state index contributed by atoms with van der Waals surface area (Å²) >= 11 is 0. The number of rotatable bonds is 3. The molecular formula is C10H8FN3O2. The third-order valence-electron chi connectivity index (χ3n) is 2.15. The van der Waals surface area contributed by atoms with Gasteiger partial charge in [-0.05, 0) is 6.07 Å². The first kappa shape index (κ1) is 10.3. The second-order valence-electron chi connectivity index (χ2n) is 3.21. The van der Waals surface area contributed by atoms with Crippen LogP contribution < -0.4 is 0 Å². The van der Waals surface area contributed by atoms with Crippen LogP contribution in [-0.2, 0) is 6.54 Å². The maximum absolute atomic E-state index is 13.6. The molecule has 82 valence electrons. The molecule has 0 atom stereocenters. The molecule has 1 aromatic carbocycles. The van der Waals surface area contributed by atoms with Crippen molar-refractivity contribution in [2.75, 3.05) is 0 Å². The fraction of sp³-hybridized carbons (Fsp3) is 0.100. The minimum absolute atomic E-state index is 0.181. The smallest absolute Gasteiger partial charge is 0.268 e. The normalized spacial score (nSPS) is 10.3. The Morgan fingerprint density at radius 1 is 1.44 bits per heavy atom. The van der Waals surface area contributed by atoms with Gasteiger partial charge in [0.15, 0.2) is 0 Å². The Labute approximate surface area is 90.3 Å². The standard InChI is InChI=1S/C10H8FN3O2/c11-10-8(7-13-6-2-5-12-13)3-1-4-9(10)14(15)16/h1-6H,7H2. The Kier molecular flexibility index (Phi) is 2.63. The predicted molar refractivity (Wildman–Crippen MR) is 54.4 cm³/mol. The first-order valence-electron chi connectivity index (χ1n) is 4.57. The highest BCUT2D eigenvalue weighted by atomic mass is 19.1. The van der Waals surface area contributed by atoms with E-state index in [-0.39, 0.29) is 12.1 Å². The Morgan fingerprint density at radius 3 is 2.88 bits per heavy atom. The first-order chi connectivity index (χ1) is 7.68. The van der Waals surface area contributed by atoms with E-state index in [1.807, 2.05) is 0 Å². The zero-order valence-electron chi connectivity index (χ0n) is 8.21. The summed E-state index contributed by atoms with van der Waals surface area (Å²) in [6, 6.07) is 5.81. The summed E-state index contributed by atoms with van der Waals surface area (Å²) in [5.41, 5.74) is -0.262. The van der Waals surface area contributed by atoms with Crippen molar-refractivity contribution in [1.82, 2.24) is 9.78 Å². The van der Waals surface area contributed by atoms with Crippen LogP contribution in [0.15, 0.2) is 36.7 Å². The molecule has 0 bridgehead atoms. The first-order valence-corrected chi connectivity index (χ1v) is 4.57. The minimum atomic E-state index is -0.803. The van der Waals surface area contributed by atoms with Crippen LogP contribution in [0.25, 0.3) is 0 Å². The van der Waals surface area contributed by atoms with Crippen LogP contribution in [0.4, 0.5) is 10.1 Å². The number of aromatic nitrogens is 2. The number of hydrogen-bond acceptors (Lipinski definition) is 3. The summed E-state index contributed by atoms with van der Waals surface area (Å²) < 4.78 is 15.1. The average Bonchev–Trinajstić information content (AvgIpc) is 2.73. The Morgan fingerprint density at radius 2 is 2.25 bits per heavy atom. The fourth-order valence-corrected chi connectivity index (χ4v) is 1.40. The van der Waals surface area contributed by atoms with Crippen LogP contribution >= 0.6 is 0 Å². The van der Waals surface area contributed by atoms with Gasteiger partial charge in [-0.15, -0.1) is 0 Å². The van der Waals surface area contributed by atoms with E-state index < -0.39 is 16.4 Å². The van der Waals surface area contributed by atoms with E-state index in [1.54, 1.807) is 18.5 Å². The maximum atomic E-state index is 13.6. The highest BCUT2D eigenvalue weighted by Gasteiger charge is 2.17. The zero-order valence-corrected chi connectivity index (χ0v) is 8.21. The molecule has 5 nitrogen and oxygen atoms in total. The second-order valence-corrected chi connectivity index (χ2v) is 3.21.